The van der Waals surface area contributed by atoms with Gasteiger partial charge in [-0.25, -0.2) is 4.39 Å². The van der Waals surface area contributed by atoms with E-state index in [1.165, 1.54) is 12.1 Å². The summed E-state index contributed by atoms with van der Waals surface area (Å²) in [6.07, 6.45) is 4.41. The van der Waals surface area contributed by atoms with Crippen LogP contribution in [0.15, 0.2) is 24.3 Å². The van der Waals surface area contributed by atoms with Gasteiger partial charge in [0.2, 0.25) is 0 Å². The molecule has 1 heterocycles. The van der Waals surface area contributed by atoms with Gasteiger partial charge in [-0.05, 0) is 56.7 Å². The van der Waals surface area contributed by atoms with Gasteiger partial charge < -0.3 is 14.4 Å². The second-order valence-corrected chi connectivity index (χ2v) is 6.67. The summed E-state index contributed by atoms with van der Waals surface area (Å²) >= 11 is 0. The predicted molar refractivity (Wildman–Crippen MR) is 96.0 cm³/mol. The van der Waals surface area contributed by atoms with Crippen LogP contribution in [0.3, 0.4) is 0 Å². The molecule has 0 radical (unpaired) electrons. The molecule has 1 fully saturated rings. The molecule has 140 valence electrons. The maximum atomic E-state index is 13.3. The van der Waals surface area contributed by atoms with E-state index >= 15 is 0 Å². The summed E-state index contributed by atoms with van der Waals surface area (Å²) in [6.45, 7) is 6.36. The van der Waals surface area contributed by atoms with Gasteiger partial charge in [-0.3, -0.25) is 4.79 Å². The molecule has 4 nitrogen and oxygen atoms in total. The number of rotatable bonds is 9. The van der Waals surface area contributed by atoms with Crippen molar-refractivity contribution in [3.63, 3.8) is 0 Å². The molecule has 25 heavy (non-hydrogen) atoms. The highest BCUT2D eigenvalue weighted by molar-refractivity contribution is 5.80. The fraction of sp³-hybridized carbons (Fsp3) is 0.650. The quantitative estimate of drug-likeness (QED) is 0.683. The highest BCUT2D eigenvalue weighted by Gasteiger charge is 2.23. The SMILES string of the molecule is CCCN(CCc1cccc(F)c1)C(=O)C(C)OCC1CCCCO1. The number of halogens is 1. The van der Waals surface area contributed by atoms with Gasteiger partial charge in [-0.1, -0.05) is 19.1 Å². The predicted octanol–water partition coefficient (Wildman–Crippen LogP) is 3.58. The van der Waals surface area contributed by atoms with Crippen LogP contribution in [0.25, 0.3) is 0 Å². The Labute approximate surface area is 150 Å². The molecule has 0 N–H and O–H groups in total. The molecular formula is C20H30FNO3. The lowest BCUT2D eigenvalue weighted by Crippen LogP contribution is -2.42. The van der Waals surface area contributed by atoms with Crippen molar-refractivity contribution in [2.24, 2.45) is 0 Å². The minimum absolute atomic E-state index is 0.00550. The molecule has 1 saturated heterocycles. The smallest absolute Gasteiger partial charge is 0.251 e. The molecule has 5 heteroatoms. The molecule has 1 aliphatic rings. The Kier molecular flexibility index (Phi) is 8.35. The minimum atomic E-state index is -0.482. The van der Waals surface area contributed by atoms with Crippen LogP contribution in [0.2, 0.25) is 0 Å². The van der Waals surface area contributed by atoms with Crippen LogP contribution in [-0.2, 0) is 20.7 Å². The number of carbonyl (C=O) groups excluding carboxylic acids is 1. The van der Waals surface area contributed by atoms with Crippen molar-refractivity contribution in [2.45, 2.75) is 58.2 Å². The Bertz CT molecular complexity index is 531. The molecule has 1 aliphatic heterocycles. The molecule has 0 spiro atoms. The minimum Gasteiger partial charge on any atom is -0.376 e. The van der Waals surface area contributed by atoms with Crippen molar-refractivity contribution in [3.8, 4) is 0 Å². The molecule has 1 amide bonds. The van der Waals surface area contributed by atoms with Gasteiger partial charge in [0, 0.05) is 19.7 Å². The van der Waals surface area contributed by atoms with Crippen molar-refractivity contribution >= 4 is 5.91 Å². The molecule has 0 aromatic heterocycles. The molecule has 2 rings (SSSR count). The average Bonchev–Trinajstić information content (AvgIpc) is 2.63. The first kappa shape index (κ1) is 19.9. The van der Waals surface area contributed by atoms with Crippen LogP contribution < -0.4 is 0 Å². The van der Waals surface area contributed by atoms with Gasteiger partial charge in [-0.15, -0.1) is 0 Å². The van der Waals surface area contributed by atoms with Gasteiger partial charge in [0.25, 0.3) is 5.91 Å². The van der Waals surface area contributed by atoms with Crippen LogP contribution in [0, 0.1) is 5.82 Å². The lowest BCUT2D eigenvalue weighted by molar-refractivity contribution is -0.146. The van der Waals surface area contributed by atoms with Crippen molar-refractivity contribution in [1.82, 2.24) is 4.90 Å². The Hall–Kier alpha value is -1.46. The zero-order chi connectivity index (χ0) is 18.1. The van der Waals surface area contributed by atoms with E-state index in [2.05, 4.69) is 0 Å². The summed E-state index contributed by atoms with van der Waals surface area (Å²) in [7, 11) is 0. The second kappa shape index (κ2) is 10.5. The maximum absolute atomic E-state index is 13.3. The summed E-state index contributed by atoms with van der Waals surface area (Å²) in [4.78, 5) is 14.5. The number of ether oxygens (including phenoxy) is 2. The Morgan fingerprint density at radius 2 is 2.24 bits per heavy atom. The van der Waals surface area contributed by atoms with Crippen molar-refractivity contribution in [2.75, 3.05) is 26.3 Å². The third kappa shape index (κ3) is 6.75. The lowest BCUT2D eigenvalue weighted by atomic mass is 10.1. The third-order valence-electron chi connectivity index (χ3n) is 4.52. The highest BCUT2D eigenvalue weighted by Crippen LogP contribution is 2.14. The normalized spacial score (nSPS) is 18.8. The summed E-state index contributed by atoms with van der Waals surface area (Å²) in [5.74, 6) is -0.246. The first-order valence-electron chi connectivity index (χ1n) is 9.36. The number of nitrogens with zero attached hydrogens (tertiary/aromatic N) is 1. The van der Waals surface area contributed by atoms with E-state index in [1.807, 2.05) is 17.9 Å². The molecule has 0 saturated carbocycles. The molecule has 2 atom stereocenters. The van der Waals surface area contributed by atoms with E-state index in [4.69, 9.17) is 9.47 Å². The monoisotopic (exact) mass is 351 g/mol. The molecule has 0 bridgehead atoms. The van der Waals surface area contributed by atoms with Gasteiger partial charge in [0.05, 0.1) is 12.7 Å². The van der Waals surface area contributed by atoms with Gasteiger partial charge in [0.15, 0.2) is 0 Å². The van der Waals surface area contributed by atoms with Crippen molar-refractivity contribution < 1.29 is 18.7 Å². The van der Waals surface area contributed by atoms with E-state index in [0.29, 0.717) is 26.1 Å². The maximum Gasteiger partial charge on any atom is 0.251 e. The van der Waals surface area contributed by atoms with Gasteiger partial charge in [0.1, 0.15) is 11.9 Å². The molecular weight excluding hydrogens is 321 g/mol. The molecule has 2 unspecified atom stereocenters. The van der Waals surface area contributed by atoms with Crippen LogP contribution in [0.4, 0.5) is 4.39 Å². The topological polar surface area (TPSA) is 38.8 Å². The van der Waals surface area contributed by atoms with Crippen molar-refractivity contribution in [3.05, 3.63) is 35.6 Å². The van der Waals surface area contributed by atoms with E-state index in [9.17, 15) is 9.18 Å². The number of hydrogen-bond donors (Lipinski definition) is 0. The molecule has 0 aliphatic carbocycles. The largest absolute Gasteiger partial charge is 0.376 e. The van der Waals surface area contributed by atoms with E-state index in [-0.39, 0.29) is 17.8 Å². The van der Waals surface area contributed by atoms with E-state index in [1.54, 1.807) is 13.0 Å². The lowest BCUT2D eigenvalue weighted by Gasteiger charge is -2.28. The highest BCUT2D eigenvalue weighted by atomic mass is 19.1. The first-order chi connectivity index (χ1) is 12.1. The van der Waals surface area contributed by atoms with Crippen molar-refractivity contribution in [1.29, 1.82) is 0 Å². The number of carbonyl (C=O) groups is 1. The molecule has 1 aromatic rings. The van der Waals surface area contributed by atoms with Crippen LogP contribution in [-0.4, -0.2) is 49.3 Å². The molecule has 1 aromatic carbocycles. The summed E-state index contributed by atoms with van der Waals surface area (Å²) in [6, 6.07) is 6.54. The number of benzene rings is 1. The number of amides is 1. The van der Waals surface area contributed by atoms with Gasteiger partial charge >= 0.3 is 0 Å². The Morgan fingerprint density at radius 1 is 1.40 bits per heavy atom. The van der Waals surface area contributed by atoms with Crippen LogP contribution in [0.1, 0.15) is 45.1 Å². The average molecular weight is 351 g/mol. The van der Waals surface area contributed by atoms with Gasteiger partial charge in [-0.2, -0.15) is 0 Å². The number of hydrogen-bond acceptors (Lipinski definition) is 3. The Balaban J connectivity index is 1.82. The zero-order valence-electron chi connectivity index (χ0n) is 15.4. The Morgan fingerprint density at radius 3 is 2.92 bits per heavy atom. The fourth-order valence-corrected chi connectivity index (χ4v) is 3.08. The summed E-state index contributed by atoms with van der Waals surface area (Å²) in [5.41, 5.74) is 0.901. The summed E-state index contributed by atoms with van der Waals surface area (Å²) in [5, 5.41) is 0. The van der Waals surface area contributed by atoms with Crippen LogP contribution in [0.5, 0.6) is 0 Å². The third-order valence-corrected chi connectivity index (χ3v) is 4.52. The van der Waals surface area contributed by atoms with E-state index in [0.717, 1.165) is 37.9 Å². The zero-order valence-corrected chi connectivity index (χ0v) is 15.4. The first-order valence-corrected chi connectivity index (χ1v) is 9.36. The summed E-state index contributed by atoms with van der Waals surface area (Å²) < 4.78 is 24.7. The standard InChI is InChI=1S/C20H30FNO3/c1-3-11-22(12-10-17-7-6-8-18(21)14-17)20(23)16(2)25-15-19-9-4-5-13-24-19/h6-8,14,16,19H,3-5,9-13,15H2,1-2H3. The fourth-order valence-electron chi connectivity index (χ4n) is 3.08. The van der Waals surface area contributed by atoms with E-state index < -0.39 is 6.10 Å². The second-order valence-electron chi connectivity index (χ2n) is 6.67. The van der Waals surface area contributed by atoms with Crippen LogP contribution >= 0.6 is 0 Å².